The van der Waals surface area contributed by atoms with E-state index in [0.29, 0.717) is 0 Å². The predicted octanol–water partition coefficient (Wildman–Crippen LogP) is 2.51. The summed E-state index contributed by atoms with van der Waals surface area (Å²) in [6.45, 7) is -0.609. The van der Waals surface area contributed by atoms with E-state index in [0.717, 1.165) is 12.1 Å². The molecule has 0 radical (unpaired) electrons. The van der Waals surface area contributed by atoms with Crippen molar-refractivity contribution < 1.29 is 22.3 Å². The van der Waals surface area contributed by atoms with Crippen molar-refractivity contribution >= 4 is 0 Å². The predicted molar refractivity (Wildman–Crippen MR) is 59.5 cm³/mol. The summed E-state index contributed by atoms with van der Waals surface area (Å²) in [6.07, 6.45) is -2.25. The molecule has 1 aromatic rings. The summed E-state index contributed by atoms with van der Waals surface area (Å²) in [4.78, 5) is 0. The Hall–Kier alpha value is -1.14. The highest BCUT2D eigenvalue weighted by Gasteiger charge is 2.13. The zero-order chi connectivity index (χ0) is 13.5. The van der Waals surface area contributed by atoms with Crippen molar-refractivity contribution in [3.8, 4) is 0 Å². The van der Waals surface area contributed by atoms with Gasteiger partial charge in [0.25, 0.3) is 6.43 Å². The SMILES string of the molecule is NC(CCOCC(F)F)Cc1c(F)cccc1F. The van der Waals surface area contributed by atoms with E-state index >= 15 is 0 Å². The summed E-state index contributed by atoms with van der Waals surface area (Å²) in [7, 11) is 0. The van der Waals surface area contributed by atoms with Crippen LogP contribution in [0, 0.1) is 11.6 Å². The Morgan fingerprint density at radius 3 is 2.33 bits per heavy atom. The zero-order valence-electron chi connectivity index (χ0n) is 9.71. The minimum absolute atomic E-state index is 0.0105. The molecule has 0 fully saturated rings. The largest absolute Gasteiger partial charge is 0.375 e. The van der Waals surface area contributed by atoms with Crippen molar-refractivity contribution in [1.29, 1.82) is 0 Å². The van der Waals surface area contributed by atoms with Crippen LogP contribution in [0.3, 0.4) is 0 Å². The Balaban J connectivity index is 2.38. The number of nitrogens with two attached hydrogens (primary N) is 1. The van der Waals surface area contributed by atoms with Gasteiger partial charge in [0.05, 0.1) is 0 Å². The zero-order valence-corrected chi connectivity index (χ0v) is 9.71. The first-order valence-corrected chi connectivity index (χ1v) is 5.55. The first-order chi connectivity index (χ1) is 8.50. The van der Waals surface area contributed by atoms with Crippen LogP contribution in [-0.2, 0) is 11.2 Å². The van der Waals surface area contributed by atoms with Gasteiger partial charge in [-0.05, 0) is 25.0 Å². The van der Waals surface area contributed by atoms with Crippen molar-refractivity contribution in [3.63, 3.8) is 0 Å². The molecule has 0 aliphatic carbocycles. The van der Waals surface area contributed by atoms with Crippen molar-refractivity contribution in [2.75, 3.05) is 13.2 Å². The molecule has 1 unspecified atom stereocenters. The lowest BCUT2D eigenvalue weighted by atomic mass is 10.0. The Labute approximate surface area is 103 Å². The lowest BCUT2D eigenvalue weighted by molar-refractivity contribution is 0.0152. The Morgan fingerprint density at radius 2 is 1.78 bits per heavy atom. The minimum atomic E-state index is -2.52. The van der Waals surface area contributed by atoms with E-state index < -0.39 is 30.7 Å². The molecule has 1 rings (SSSR count). The van der Waals surface area contributed by atoms with Crippen LogP contribution in [0.15, 0.2) is 18.2 Å². The molecular weight excluding hydrogens is 250 g/mol. The number of benzene rings is 1. The molecule has 0 amide bonds. The maximum absolute atomic E-state index is 13.3. The smallest absolute Gasteiger partial charge is 0.261 e. The van der Waals surface area contributed by atoms with Gasteiger partial charge >= 0.3 is 0 Å². The van der Waals surface area contributed by atoms with Gasteiger partial charge in [-0.15, -0.1) is 0 Å². The van der Waals surface area contributed by atoms with E-state index in [4.69, 9.17) is 5.73 Å². The summed E-state index contributed by atoms with van der Waals surface area (Å²) in [5.41, 5.74) is 5.58. The van der Waals surface area contributed by atoms with Crippen molar-refractivity contribution in [3.05, 3.63) is 35.4 Å². The molecule has 0 aromatic heterocycles. The lowest BCUT2D eigenvalue weighted by Crippen LogP contribution is -2.26. The highest BCUT2D eigenvalue weighted by Crippen LogP contribution is 2.14. The van der Waals surface area contributed by atoms with Gasteiger partial charge in [0, 0.05) is 18.2 Å². The molecule has 1 aromatic carbocycles. The number of rotatable bonds is 7. The third-order valence-corrected chi connectivity index (χ3v) is 2.40. The van der Waals surface area contributed by atoms with E-state index in [1.54, 1.807) is 0 Å². The summed E-state index contributed by atoms with van der Waals surface area (Å²) >= 11 is 0. The second-order valence-corrected chi connectivity index (χ2v) is 3.92. The average molecular weight is 265 g/mol. The van der Waals surface area contributed by atoms with Crippen LogP contribution < -0.4 is 5.73 Å². The molecule has 0 saturated heterocycles. The Morgan fingerprint density at radius 1 is 1.17 bits per heavy atom. The average Bonchev–Trinajstić information content (AvgIpc) is 2.29. The fourth-order valence-corrected chi connectivity index (χ4v) is 1.50. The van der Waals surface area contributed by atoms with Crippen LogP contribution >= 0.6 is 0 Å². The van der Waals surface area contributed by atoms with Gasteiger partial charge in [0.2, 0.25) is 0 Å². The molecule has 0 heterocycles. The molecule has 1 atom stereocenters. The Kier molecular flexibility index (Phi) is 6.07. The van der Waals surface area contributed by atoms with E-state index in [-0.39, 0.29) is 25.0 Å². The molecule has 0 aliphatic rings. The number of hydrogen-bond donors (Lipinski definition) is 1. The summed E-state index contributed by atoms with van der Waals surface area (Å²) in [5.74, 6) is -1.31. The van der Waals surface area contributed by atoms with Crippen molar-refractivity contribution in [1.82, 2.24) is 0 Å². The fourth-order valence-electron chi connectivity index (χ4n) is 1.50. The monoisotopic (exact) mass is 265 g/mol. The standard InChI is InChI=1S/C12H15F4NO/c13-10-2-1-3-11(14)9(10)6-8(17)4-5-18-7-12(15)16/h1-3,8,12H,4-7,17H2. The van der Waals surface area contributed by atoms with Crippen LogP contribution in [0.4, 0.5) is 17.6 Å². The van der Waals surface area contributed by atoms with Gasteiger partial charge in [-0.1, -0.05) is 6.07 Å². The van der Waals surface area contributed by atoms with Gasteiger partial charge < -0.3 is 10.5 Å². The normalized spacial score (nSPS) is 13.0. The molecule has 0 aliphatic heterocycles. The number of ether oxygens (including phenoxy) is 1. The van der Waals surface area contributed by atoms with Crippen LogP contribution in [0.1, 0.15) is 12.0 Å². The second-order valence-electron chi connectivity index (χ2n) is 3.92. The van der Waals surface area contributed by atoms with Crippen LogP contribution in [-0.4, -0.2) is 25.7 Å². The molecule has 0 saturated carbocycles. The molecular formula is C12H15F4NO. The third kappa shape index (κ3) is 5.01. The maximum atomic E-state index is 13.3. The molecule has 0 spiro atoms. The Bertz CT molecular complexity index is 353. The van der Waals surface area contributed by atoms with Gasteiger partial charge in [-0.25, -0.2) is 17.6 Å². The number of alkyl halides is 2. The van der Waals surface area contributed by atoms with Gasteiger partial charge in [-0.2, -0.15) is 0 Å². The number of hydrogen-bond acceptors (Lipinski definition) is 2. The second kappa shape index (κ2) is 7.33. The molecule has 102 valence electrons. The third-order valence-electron chi connectivity index (χ3n) is 2.40. The van der Waals surface area contributed by atoms with Crippen LogP contribution in [0.2, 0.25) is 0 Å². The summed E-state index contributed by atoms with van der Waals surface area (Å²) in [5, 5.41) is 0. The fraction of sp³-hybridized carbons (Fsp3) is 0.500. The van der Waals surface area contributed by atoms with Gasteiger partial charge in [0.1, 0.15) is 18.2 Å². The summed E-state index contributed by atoms with van der Waals surface area (Å²) in [6, 6.07) is 3.04. The van der Waals surface area contributed by atoms with E-state index in [1.165, 1.54) is 6.07 Å². The van der Waals surface area contributed by atoms with E-state index in [2.05, 4.69) is 4.74 Å². The topological polar surface area (TPSA) is 35.2 Å². The highest BCUT2D eigenvalue weighted by atomic mass is 19.3. The highest BCUT2D eigenvalue weighted by molar-refractivity contribution is 5.20. The van der Waals surface area contributed by atoms with Gasteiger partial charge in [0.15, 0.2) is 0 Å². The quantitative estimate of drug-likeness (QED) is 0.607. The first kappa shape index (κ1) is 14.9. The van der Waals surface area contributed by atoms with E-state index in [9.17, 15) is 17.6 Å². The van der Waals surface area contributed by atoms with E-state index in [1.807, 2.05) is 0 Å². The molecule has 2 N–H and O–H groups in total. The van der Waals surface area contributed by atoms with Crippen LogP contribution in [0.5, 0.6) is 0 Å². The summed E-state index contributed by atoms with van der Waals surface area (Å²) < 4.78 is 54.7. The molecule has 0 bridgehead atoms. The lowest BCUT2D eigenvalue weighted by Gasteiger charge is -2.13. The molecule has 2 nitrogen and oxygen atoms in total. The number of halogens is 4. The van der Waals surface area contributed by atoms with Crippen LogP contribution in [0.25, 0.3) is 0 Å². The van der Waals surface area contributed by atoms with Gasteiger partial charge in [-0.3, -0.25) is 0 Å². The first-order valence-electron chi connectivity index (χ1n) is 5.55. The van der Waals surface area contributed by atoms with Crippen molar-refractivity contribution in [2.45, 2.75) is 25.3 Å². The minimum Gasteiger partial charge on any atom is -0.375 e. The van der Waals surface area contributed by atoms with Crippen molar-refractivity contribution in [2.24, 2.45) is 5.73 Å². The molecule has 6 heteroatoms. The maximum Gasteiger partial charge on any atom is 0.261 e. The molecule has 18 heavy (non-hydrogen) atoms.